The molecule has 1 saturated heterocycles. The normalized spacial score (nSPS) is 26.8. The van der Waals surface area contributed by atoms with Crippen LogP contribution in [0.3, 0.4) is 0 Å². The van der Waals surface area contributed by atoms with E-state index in [4.69, 9.17) is 5.11 Å². The van der Waals surface area contributed by atoms with E-state index in [-0.39, 0.29) is 11.8 Å². The molecule has 0 amide bonds. The Labute approximate surface area is 73.2 Å². The van der Waals surface area contributed by atoms with Gasteiger partial charge in [0.05, 0.1) is 11.4 Å². The summed E-state index contributed by atoms with van der Waals surface area (Å²) in [5.74, 6) is 0. The van der Waals surface area contributed by atoms with Crippen LogP contribution in [-0.4, -0.2) is 42.3 Å². The van der Waals surface area contributed by atoms with Gasteiger partial charge >= 0.3 is 0 Å². The third-order valence-corrected chi connectivity index (χ3v) is 4.32. The summed E-state index contributed by atoms with van der Waals surface area (Å²) in [6.45, 7) is 4.03. The number of rotatable bonds is 2. The Morgan fingerprint density at radius 3 is 2.42 bits per heavy atom. The largest absolute Gasteiger partial charge is 0.392 e. The van der Waals surface area contributed by atoms with Crippen LogP contribution in [-0.2, 0) is 10.0 Å². The fraction of sp³-hybridized carbons (Fsp3) is 1.00. The Hall–Kier alpha value is -0.130. The lowest BCUT2D eigenvalue weighted by Gasteiger charge is -2.17. The summed E-state index contributed by atoms with van der Waals surface area (Å²) in [4.78, 5) is 0. The van der Waals surface area contributed by atoms with Crippen molar-refractivity contribution >= 4 is 10.0 Å². The highest BCUT2D eigenvalue weighted by atomic mass is 32.2. The van der Waals surface area contributed by atoms with Crippen molar-refractivity contribution in [1.29, 1.82) is 0 Å². The van der Waals surface area contributed by atoms with Crippen molar-refractivity contribution in [3.8, 4) is 0 Å². The van der Waals surface area contributed by atoms with Gasteiger partial charge in [0, 0.05) is 13.1 Å². The zero-order chi connectivity index (χ0) is 9.35. The summed E-state index contributed by atoms with van der Waals surface area (Å²) in [7, 11) is -3.14. The fourth-order valence-corrected chi connectivity index (χ4v) is 2.58. The van der Waals surface area contributed by atoms with E-state index in [1.54, 1.807) is 13.8 Å². The first-order valence-corrected chi connectivity index (χ1v) is 5.62. The van der Waals surface area contributed by atoms with Crippen molar-refractivity contribution in [3.05, 3.63) is 0 Å². The molecule has 0 saturated carbocycles. The highest BCUT2D eigenvalue weighted by Gasteiger charge is 2.31. The minimum atomic E-state index is -3.14. The van der Waals surface area contributed by atoms with E-state index < -0.39 is 16.1 Å². The first-order valence-electron chi connectivity index (χ1n) is 4.11. The van der Waals surface area contributed by atoms with Crippen LogP contribution in [0.5, 0.6) is 0 Å². The third-order valence-electron chi connectivity index (χ3n) is 2.08. The second-order valence-electron chi connectivity index (χ2n) is 3.39. The highest BCUT2D eigenvalue weighted by molar-refractivity contribution is 7.89. The summed E-state index contributed by atoms with van der Waals surface area (Å²) in [6.07, 6.45) is 0.0879. The molecule has 1 aliphatic rings. The predicted octanol–water partition coefficient (Wildman–Crippen LogP) is -0.209. The Kier molecular flexibility index (Phi) is 2.75. The second kappa shape index (κ2) is 3.32. The number of nitrogens with zero attached hydrogens (tertiary/aromatic N) is 1. The van der Waals surface area contributed by atoms with Gasteiger partial charge < -0.3 is 5.11 Å². The SMILES string of the molecule is CC(C)S(=O)(=O)N1CCC(O)C1. The van der Waals surface area contributed by atoms with Gasteiger partial charge in [0.25, 0.3) is 0 Å². The number of aliphatic hydroxyl groups is 1. The lowest BCUT2D eigenvalue weighted by atomic mass is 10.3. The van der Waals surface area contributed by atoms with Crippen LogP contribution in [0.4, 0.5) is 0 Å². The molecule has 0 spiro atoms. The maximum atomic E-state index is 11.5. The molecule has 1 unspecified atom stereocenters. The summed E-state index contributed by atoms with van der Waals surface area (Å²) in [6, 6.07) is 0. The molecular weight excluding hydrogens is 178 g/mol. The van der Waals surface area contributed by atoms with E-state index in [1.807, 2.05) is 0 Å². The topological polar surface area (TPSA) is 57.6 Å². The number of aliphatic hydroxyl groups excluding tert-OH is 1. The molecule has 1 fully saturated rings. The van der Waals surface area contributed by atoms with E-state index in [9.17, 15) is 8.42 Å². The van der Waals surface area contributed by atoms with Crippen LogP contribution in [0.15, 0.2) is 0 Å². The standard InChI is InChI=1S/C7H15NO3S/c1-6(2)12(10,11)8-4-3-7(9)5-8/h6-7,9H,3-5H2,1-2H3. The molecule has 4 nitrogen and oxygen atoms in total. The maximum Gasteiger partial charge on any atom is 0.216 e. The monoisotopic (exact) mass is 193 g/mol. The zero-order valence-electron chi connectivity index (χ0n) is 7.40. The quantitative estimate of drug-likeness (QED) is 0.660. The first kappa shape index (κ1) is 9.95. The minimum Gasteiger partial charge on any atom is -0.392 e. The molecule has 1 N–H and O–H groups in total. The Balaban J connectivity index is 2.71. The molecule has 0 radical (unpaired) electrons. The van der Waals surface area contributed by atoms with E-state index in [0.717, 1.165) is 0 Å². The molecule has 0 aromatic carbocycles. The van der Waals surface area contributed by atoms with Crippen LogP contribution in [0, 0.1) is 0 Å². The van der Waals surface area contributed by atoms with Gasteiger partial charge in [-0.1, -0.05) is 0 Å². The molecule has 0 aliphatic carbocycles. The van der Waals surface area contributed by atoms with Crippen LogP contribution < -0.4 is 0 Å². The smallest absolute Gasteiger partial charge is 0.216 e. The van der Waals surface area contributed by atoms with Gasteiger partial charge in [0.1, 0.15) is 0 Å². The van der Waals surface area contributed by atoms with Crippen molar-refractivity contribution in [2.75, 3.05) is 13.1 Å². The van der Waals surface area contributed by atoms with Gasteiger partial charge in [0.2, 0.25) is 10.0 Å². The van der Waals surface area contributed by atoms with E-state index in [0.29, 0.717) is 13.0 Å². The van der Waals surface area contributed by atoms with E-state index in [2.05, 4.69) is 0 Å². The van der Waals surface area contributed by atoms with Crippen molar-refractivity contribution in [3.63, 3.8) is 0 Å². The Morgan fingerprint density at radius 2 is 2.08 bits per heavy atom. The lowest BCUT2D eigenvalue weighted by Crippen LogP contribution is -2.35. The zero-order valence-corrected chi connectivity index (χ0v) is 8.21. The van der Waals surface area contributed by atoms with Crippen LogP contribution in [0.2, 0.25) is 0 Å². The number of sulfonamides is 1. The number of β-amino-alcohol motifs (C(OH)–C–C–N with tert-alkyl or cyclic N) is 1. The molecule has 1 rings (SSSR count). The average Bonchev–Trinajstić information content (AvgIpc) is 2.35. The van der Waals surface area contributed by atoms with Gasteiger partial charge in [-0.2, -0.15) is 4.31 Å². The van der Waals surface area contributed by atoms with Crippen LogP contribution in [0.1, 0.15) is 20.3 Å². The molecule has 0 bridgehead atoms. The lowest BCUT2D eigenvalue weighted by molar-refractivity contribution is 0.189. The van der Waals surface area contributed by atoms with Gasteiger partial charge in [-0.05, 0) is 20.3 Å². The number of hydrogen-bond donors (Lipinski definition) is 1. The van der Waals surface area contributed by atoms with Crippen molar-refractivity contribution < 1.29 is 13.5 Å². The molecule has 1 heterocycles. The molecule has 0 aromatic heterocycles. The molecule has 12 heavy (non-hydrogen) atoms. The average molecular weight is 193 g/mol. The maximum absolute atomic E-state index is 11.5. The van der Waals surface area contributed by atoms with Crippen molar-refractivity contribution in [1.82, 2.24) is 4.31 Å². The van der Waals surface area contributed by atoms with E-state index in [1.165, 1.54) is 4.31 Å². The predicted molar refractivity (Wildman–Crippen MR) is 46.3 cm³/mol. The summed E-state index contributed by atoms with van der Waals surface area (Å²) >= 11 is 0. The van der Waals surface area contributed by atoms with Crippen LogP contribution >= 0.6 is 0 Å². The van der Waals surface area contributed by atoms with E-state index >= 15 is 0 Å². The minimum absolute atomic E-state index is 0.264. The summed E-state index contributed by atoms with van der Waals surface area (Å²) < 4.78 is 24.3. The second-order valence-corrected chi connectivity index (χ2v) is 5.88. The van der Waals surface area contributed by atoms with Gasteiger partial charge in [-0.15, -0.1) is 0 Å². The van der Waals surface area contributed by atoms with Gasteiger partial charge in [0.15, 0.2) is 0 Å². The van der Waals surface area contributed by atoms with Crippen molar-refractivity contribution in [2.24, 2.45) is 0 Å². The fourth-order valence-electron chi connectivity index (χ4n) is 1.24. The molecule has 72 valence electrons. The van der Waals surface area contributed by atoms with Gasteiger partial charge in [-0.3, -0.25) is 0 Å². The molecule has 5 heteroatoms. The van der Waals surface area contributed by atoms with Gasteiger partial charge in [-0.25, -0.2) is 8.42 Å². The molecule has 1 aliphatic heterocycles. The Morgan fingerprint density at radius 1 is 1.50 bits per heavy atom. The summed E-state index contributed by atoms with van der Waals surface area (Å²) in [5, 5.41) is 8.75. The molecule has 0 aromatic rings. The molecule has 1 atom stereocenters. The number of hydrogen-bond acceptors (Lipinski definition) is 3. The molecular formula is C7H15NO3S. The first-order chi connectivity index (χ1) is 5.44. The summed E-state index contributed by atoms with van der Waals surface area (Å²) in [5.41, 5.74) is 0. The third kappa shape index (κ3) is 1.78. The Bertz CT molecular complexity index is 247. The highest BCUT2D eigenvalue weighted by Crippen LogP contribution is 2.16. The van der Waals surface area contributed by atoms with Crippen LogP contribution in [0.25, 0.3) is 0 Å². The van der Waals surface area contributed by atoms with Crippen molar-refractivity contribution in [2.45, 2.75) is 31.6 Å².